The Morgan fingerprint density at radius 3 is 2.87 bits per heavy atom. The number of aromatic nitrogens is 2. The van der Waals surface area contributed by atoms with Crippen molar-refractivity contribution in [1.82, 2.24) is 9.97 Å². The number of benzene rings is 2. The molecule has 2 unspecified atom stereocenters. The van der Waals surface area contributed by atoms with E-state index in [1.54, 1.807) is 0 Å². The maximum absolute atomic E-state index is 4.75. The average Bonchev–Trinajstić information content (AvgIpc) is 3.31. The van der Waals surface area contributed by atoms with Gasteiger partial charge in [0.1, 0.15) is 0 Å². The van der Waals surface area contributed by atoms with Crippen LogP contribution in [0.4, 0.5) is 11.6 Å². The molecule has 2 N–H and O–H groups in total. The monoisotopic (exact) mass is 304 g/mol. The molecule has 0 spiro atoms. The molecule has 0 radical (unpaired) electrons. The van der Waals surface area contributed by atoms with E-state index < -0.39 is 0 Å². The SMILES string of the molecule is c1ccc2c(c1)NCC2C1CCN(c2nc3ccccc3[nH]2)C1. The molecule has 4 heteroatoms. The van der Waals surface area contributed by atoms with Gasteiger partial charge in [-0.05, 0) is 36.1 Å². The van der Waals surface area contributed by atoms with Crippen molar-refractivity contribution in [1.29, 1.82) is 0 Å². The van der Waals surface area contributed by atoms with Crippen LogP contribution in [0.3, 0.4) is 0 Å². The van der Waals surface area contributed by atoms with E-state index in [1.165, 1.54) is 17.7 Å². The molecule has 116 valence electrons. The Bertz CT molecular complexity index is 820. The Kier molecular flexibility index (Phi) is 2.83. The van der Waals surface area contributed by atoms with E-state index >= 15 is 0 Å². The summed E-state index contributed by atoms with van der Waals surface area (Å²) in [7, 11) is 0. The molecule has 0 amide bonds. The number of aromatic amines is 1. The summed E-state index contributed by atoms with van der Waals surface area (Å²) >= 11 is 0. The van der Waals surface area contributed by atoms with E-state index in [-0.39, 0.29) is 0 Å². The molecule has 1 aromatic heterocycles. The number of nitrogens with one attached hydrogen (secondary N) is 2. The number of hydrogen-bond acceptors (Lipinski definition) is 3. The van der Waals surface area contributed by atoms with Gasteiger partial charge in [-0.15, -0.1) is 0 Å². The van der Waals surface area contributed by atoms with Crippen LogP contribution >= 0.6 is 0 Å². The standard InChI is InChI=1S/C19H20N4/c1-2-6-16-14(5-1)15(11-20-16)13-9-10-23(12-13)19-21-17-7-3-4-8-18(17)22-19/h1-8,13,15,20H,9-12H2,(H,21,22). The number of hydrogen-bond donors (Lipinski definition) is 2. The highest BCUT2D eigenvalue weighted by molar-refractivity contribution is 5.77. The first kappa shape index (κ1) is 13.0. The van der Waals surface area contributed by atoms with Gasteiger partial charge in [0, 0.05) is 31.2 Å². The van der Waals surface area contributed by atoms with Crippen LogP contribution in [0.5, 0.6) is 0 Å². The highest BCUT2D eigenvalue weighted by atomic mass is 15.3. The van der Waals surface area contributed by atoms with E-state index in [0.29, 0.717) is 11.8 Å². The molecule has 3 heterocycles. The summed E-state index contributed by atoms with van der Waals surface area (Å²) in [4.78, 5) is 10.6. The second-order valence-electron chi connectivity index (χ2n) is 6.65. The third-order valence-corrected chi connectivity index (χ3v) is 5.34. The van der Waals surface area contributed by atoms with Crippen molar-refractivity contribution in [3.63, 3.8) is 0 Å². The normalized spacial score (nSPS) is 23.2. The molecule has 4 nitrogen and oxygen atoms in total. The first-order valence-electron chi connectivity index (χ1n) is 8.41. The molecule has 2 atom stereocenters. The lowest BCUT2D eigenvalue weighted by Gasteiger charge is -2.19. The third-order valence-electron chi connectivity index (χ3n) is 5.34. The summed E-state index contributed by atoms with van der Waals surface area (Å²) in [5, 5.41) is 3.56. The fourth-order valence-corrected chi connectivity index (χ4v) is 4.13. The van der Waals surface area contributed by atoms with Gasteiger partial charge in [-0.2, -0.15) is 0 Å². The first-order valence-corrected chi connectivity index (χ1v) is 8.41. The van der Waals surface area contributed by atoms with Crippen LogP contribution in [0.15, 0.2) is 48.5 Å². The summed E-state index contributed by atoms with van der Waals surface area (Å²) < 4.78 is 0. The maximum Gasteiger partial charge on any atom is 0.203 e. The number of H-pyrrole nitrogens is 1. The number of fused-ring (bicyclic) bond motifs is 2. The van der Waals surface area contributed by atoms with Crippen LogP contribution in [0, 0.1) is 5.92 Å². The Hall–Kier alpha value is -2.49. The molecule has 23 heavy (non-hydrogen) atoms. The van der Waals surface area contributed by atoms with E-state index in [2.05, 4.69) is 57.7 Å². The van der Waals surface area contributed by atoms with E-state index in [1.807, 2.05) is 6.07 Å². The van der Waals surface area contributed by atoms with Gasteiger partial charge in [-0.1, -0.05) is 30.3 Å². The van der Waals surface area contributed by atoms with Crippen molar-refractivity contribution in [3.8, 4) is 0 Å². The van der Waals surface area contributed by atoms with Crippen molar-refractivity contribution >= 4 is 22.7 Å². The van der Waals surface area contributed by atoms with Gasteiger partial charge < -0.3 is 15.2 Å². The van der Waals surface area contributed by atoms with Crippen LogP contribution in [0.1, 0.15) is 17.9 Å². The van der Waals surface area contributed by atoms with E-state index in [4.69, 9.17) is 4.98 Å². The molecular formula is C19H20N4. The topological polar surface area (TPSA) is 44.0 Å². The quantitative estimate of drug-likeness (QED) is 0.760. The van der Waals surface area contributed by atoms with Gasteiger partial charge in [0.15, 0.2) is 0 Å². The van der Waals surface area contributed by atoms with E-state index in [9.17, 15) is 0 Å². The fraction of sp³-hybridized carbons (Fsp3) is 0.316. The van der Waals surface area contributed by atoms with Crippen LogP contribution in [-0.2, 0) is 0 Å². The molecule has 2 aliphatic rings. The number of imidazole rings is 1. The first-order chi connectivity index (χ1) is 11.4. The summed E-state index contributed by atoms with van der Waals surface area (Å²) in [6.45, 7) is 3.24. The summed E-state index contributed by atoms with van der Waals surface area (Å²) in [5.41, 5.74) is 4.99. The fourth-order valence-electron chi connectivity index (χ4n) is 4.13. The highest BCUT2D eigenvalue weighted by Gasteiger charge is 2.35. The molecule has 0 bridgehead atoms. The van der Waals surface area contributed by atoms with Crippen molar-refractivity contribution in [2.24, 2.45) is 5.92 Å². The maximum atomic E-state index is 4.75. The lowest BCUT2D eigenvalue weighted by atomic mass is 9.87. The molecule has 3 aromatic rings. The lowest BCUT2D eigenvalue weighted by molar-refractivity contribution is 0.490. The van der Waals surface area contributed by atoms with Crippen LogP contribution in [-0.4, -0.2) is 29.6 Å². The van der Waals surface area contributed by atoms with Crippen molar-refractivity contribution in [2.75, 3.05) is 29.9 Å². The van der Waals surface area contributed by atoms with Crippen molar-refractivity contribution < 1.29 is 0 Å². The Balaban J connectivity index is 1.39. The molecular weight excluding hydrogens is 284 g/mol. The molecule has 0 aliphatic carbocycles. The number of anilines is 2. The van der Waals surface area contributed by atoms with Gasteiger partial charge in [-0.3, -0.25) is 0 Å². The summed E-state index contributed by atoms with van der Waals surface area (Å²) in [6, 6.07) is 17.0. The largest absolute Gasteiger partial charge is 0.384 e. The Morgan fingerprint density at radius 2 is 1.91 bits per heavy atom. The van der Waals surface area contributed by atoms with Crippen LogP contribution < -0.4 is 10.2 Å². The number of rotatable bonds is 2. The predicted molar refractivity (Wildman–Crippen MR) is 94.1 cm³/mol. The van der Waals surface area contributed by atoms with E-state index in [0.717, 1.165) is 36.6 Å². The third kappa shape index (κ3) is 2.09. The van der Waals surface area contributed by atoms with Gasteiger partial charge in [0.05, 0.1) is 11.0 Å². The van der Waals surface area contributed by atoms with Gasteiger partial charge >= 0.3 is 0 Å². The van der Waals surface area contributed by atoms with Crippen LogP contribution in [0.25, 0.3) is 11.0 Å². The second-order valence-corrected chi connectivity index (χ2v) is 6.65. The molecule has 5 rings (SSSR count). The summed E-state index contributed by atoms with van der Waals surface area (Å²) in [6.07, 6.45) is 1.23. The average molecular weight is 304 g/mol. The number of nitrogens with zero attached hydrogens (tertiary/aromatic N) is 2. The number of para-hydroxylation sites is 3. The molecule has 1 saturated heterocycles. The highest BCUT2D eigenvalue weighted by Crippen LogP contribution is 2.40. The zero-order valence-corrected chi connectivity index (χ0v) is 13.0. The van der Waals surface area contributed by atoms with Crippen molar-refractivity contribution in [3.05, 3.63) is 54.1 Å². The minimum Gasteiger partial charge on any atom is -0.384 e. The summed E-state index contributed by atoms with van der Waals surface area (Å²) in [5.74, 6) is 2.34. The van der Waals surface area contributed by atoms with Gasteiger partial charge in [0.25, 0.3) is 0 Å². The lowest BCUT2D eigenvalue weighted by Crippen LogP contribution is -2.23. The van der Waals surface area contributed by atoms with Gasteiger partial charge in [0.2, 0.25) is 5.95 Å². The molecule has 2 aliphatic heterocycles. The van der Waals surface area contributed by atoms with Crippen molar-refractivity contribution in [2.45, 2.75) is 12.3 Å². The Morgan fingerprint density at radius 1 is 1.04 bits per heavy atom. The second kappa shape index (κ2) is 5.01. The Labute approximate surface area is 135 Å². The molecule has 2 aromatic carbocycles. The predicted octanol–water partition coefficient (Wildman–Crippen LogP) is 3.60. The molecule has 0 saturated carbocycles. The zero-order chi connectivity index (χ0) is 15.2. The van der Waals surface area contributed by atoms with Crippen LogP contribution in [0.2, 0.25) is 0 Å². The minimum atomic E-state index is 0.626. The molecule has 1 fully saturated rings. The zero-order valence-electron chi connectivity index (χ0n) is 13.0. The minimum absolute atomic E-state index is 0.626. The smallest absolute Gasteiger partial charge is 0.203 e. The van der Waals surface area contributed by atoms with Gasteiger partial charge in [-0.25, -0.2) is 4.98 Å².